The van der Waals surface area contributed by atoms with Gasteiger partial charge in [0.25, 0.3) is 0 Å². The average molecular weight is 137 g/mol. The van der Waals surface area contributed by atoms with E-state index in [1.807, 2.05) is 18.2 Å². The smallest absolute Gasteiger partial charge is 0.182 e. The maximum Gasteiger partial charge on any atom is 0.182 e. The van der Waals surface area contributed by atoms with E-state index < -0.39 is 0 Å². The topological polar surface area (TPSA) is 47.0 Å². The molecule has 0 saturated heterocycles. The zero-order valence-electron chi connectivity index (χ0n) is 5.31. The highest BCUT2D eigenvalue weighted by molar-refractivity contribution is 6.09. The highest BCUT2D eigenvalue weighted by atomic mass is 16.2. The summed E-state index contributed by atoms with van der Waals surface area (Å²) in [7, 11) is 0. The third-order valence-electron chi connectivity index (χ3n) is 0.622. The van der Waals surface area contributed by atoms with Crippen LogP contribution in [0.1, 0.15) is 0 Å². The van der Waals surface area contributed by atoms with Gasteiger partial charge in [-0.1, -0.05) is 6.07 Å². The molecule has 3 nitrogen and oxygen atoms in total. The second-order valence-corrected chi connectivity index (χ2v) is 1.30. The predicted octanol–water partition coefficient (Wildman–Crippen LogP) is 0.466. The van der Waals surface area contributed by atoms with Crippen LogP contribution >= 0.6 is 0 Å². The summed E-state index contributed by atoms with van der Waals surface area (Å²) in [5.41, 5.74) is 0. The molecule has 0 bridgehead atoms. The summed E-state index contributed by atoms with van der Waals surface area (Å²) in [5, 5.41) is 0. The van der Waals surface area contributed by atoms with E-state index in [1.54, 1.807) is 12.4 Å². The van der Waals surface area contributed by atoms with Crippen molar-refractivity contribution in [3.05, 3.63) is 30.6 Å². The Bertz CT molecular complexity index is 142. The molecule has 1 rings (SSSR count). The van der Waals surface area contributed by atoms with E-state index in [9.17, 15) is 0 Å². The van der Waals surface area contributed by atoms with Crippen molar-refractivity contribution < 1.29 is 9.59 Å². The van der Waals surface area contributed by atoms with Gasteiger partial charge in [0.15, 0.2) is 12.6 Å². The second kappa shape index (κ2) is 7.49. The van der Waals surface area contributed by atoms with E-state index in [-0.39, 0.29) is 12.6 Å². The highest BCUT2D eigenvalue weighted by Gasteiger charge is 1.58. The first-order valence-electron chi connectivity index (χ1n) is 2.65. The van der Waals surface area contributed by atoms with Crippen LogP contribution in [0.5, 0.6) is 0 Å². The fraction of sp³-hybridized carbons (Fsp3) is 0. The van der Waals surface area contributed by atoms with Crippen LogP contribution in [0, 0.1) is 0 Å². The molecule has 0 aliphatic heterocycles. The lowest BCUT2D eigenvalue weighted by Gasteiger charge is -1.70. The molecule has 0 aromatic carbocycles. The molecule has 0 amide bonds. The van der Waals surface area contributed by atoms with Gasteiger partial charge >= 0.3 is 0 Å². The summed E-state index contributed by atoms with van der Waals surface area (Å²) in [5.74, 6) is 0. The van der Waals surface area contributed by atoms with E-state index in [1.165, 1.54) is 0 Å². The van der Waals surface area contributed by atoms with Crippen LogP contribution < -0.4 is 0 Å². The molecule has 0 saturated carbocycles. The second-order valence-electron chi connectivity index (χ2n) is 1.30. The fourth-order valence-electron chi connectivity index (χ4n) is 0.313. The molecule has 0 unspecified atom stereocenters. The molecule has 1 heterocycles. The molecule has 10 heavy (non-hydrogen) atoms. The molecule has 0 fully saturated rings. The molecule has 52 valence electrons. The van der Waals surface area contributed by atoms with Crippen LogP contribution in [0.3, 0.4) is 0 Å². The first-order chi connectivity index (χ1) is 4.91. The normalized spacial score (nSPS) is 6.80. The number of nitrogens with zero attached hydrogens (tertiary/aromatic N) is 1. The molecule has 3 heteroatoms. The first-order valence-corrected chi connectivity index (χ1v) is 2.65. The Morgan fingerprint density at radius 3 is 1.50 bits per heavy atom. The lowest BCUT2D eigenvalue weighted by molar-refractivity contribution is -0.122. The lowest BCUT2D eigenvalue weighted by Crippen LogP contribution is -1.62. The van der Waals surface area contributed by atoms with E-state index in [0.717, 1.165) is 0 Å². The van der Waals surface area contributed by atoms with Gasteiger partial charge in [-0.15, -0.1) is 0 Å². The number of hydrogen-bond acceptors (Lipinski definition) is 3. The van der Waals surface area contributed by atoms with Gasteiger partial charge in [-0.05, 0) is 12.1 Å². The van der Waals surface area contributed by atoms with Gasteiger partial charge in [0.2, 0.25) is 0 Å². The summed E-state index contributed by atoms with van der Waals surface area (Å²) < 4.78 is 0. The third kappa shape index (κ3) is 6.49. The SMILES string of the molecule is O=CC=O.c1ccncc1. The van der Waals surface area contributed by atoms with Crippen LogP contribution in [0.4, 0.5) is 0 Å². The van der Waals surface area contributed by atoms with Crippen LogP contribution in [0.2, 0.25) is 0 Å². The number of aromatic nitrogens is 1. The molecular weight excluding hydrogens is 130 g/mol. The van der Waals surface area contributed by atoms with Gasteiger partial charge in [0.1, 0.15) is 0 Å². The van der Waals surface area contributed by atoms with Crippen LogP contribution in [-0.2, 0) is 9.59 Å². The van der Waals surface area contributed by atoms with Crippen molar-refractivity contribution in [1.29, 1.82) is 0 Å². The van der Waals surface area contributed by atoms with Crippen molar-refractivity contribution in [2.45, 2.75) is 0 Å². The molecule has 0 spiro atoms. The Morgan fingerprint density at radius 2 is 1.40 bits per heavy atom. The Morgan fingerprint density at radius 1 is 0.900 bits per heavy atom. The van der Waals surface area contributed by atoms with Crippen LogP contribution in [0.25, 0.3) is 0 Å². The molecule has 0 atom stereocenters. The fourth-order valence-corrected chi connectivity index (χ4v) is 0.313. The largest absolute Gasteiger partial charge is 0.295 e. The molecule has 0 radical (unpaired) electrons. The van der Waals surface area contributed by atoms with E-state index in [2.05, 4.69) is 4.98 Å². The maximum atomic E-state index is 8.81. The standard InChI is InChI=1S/C5H5N.C2H2O2/c1-2-4-6-5-3-1;3-1-2-4/h1-5H;1-2H. The number of rotatable bonds is 1. The molecule has 0 aliphatic rings. The molecular formula is C7H7NO2. The van der Waals surface area contributed by atoms with Gasteiger partial charge < -0.3 is 0 Å². The van der Waals surface area contributed by atoms with Crippen molar-refractivity contribution >= 4 is 12.6 Å². The summed E-state index contributed by atoms with van der Waals surface area (Å²) in [6.45, 7) is 0. The monoisotopic (exact) mass is 137 g/mol. The van der Waals surface area contributed by atoms with E-state index in [0.29, 0.717) is 0 Å². The number of hydrogen-bond donors (Lipinski definition) is 0. The Balaban J connectivity index is 0.000000180. The lowest BCUT2D eigenvalue weighted by atomic mass is 10.5. The Kier molecular flexibility index (Phi) is 6.36. The molecule has 0 aliphatic carbocycles. The van der Waals surface area contributed by atoms with Gasteiger partial charge in [-0.25, -0.2) is 0 Å². The first kappa shape index (κ1) is 8.49. The summed E-state index contributed by atoms with van der Waals surface area (Å²) in [4.78, 5) is 21.4. The number of aldehydes is 2. The Hall–Kier alpha value is -1.51. The van der Waals surface area contributed by atoms with Crippen LogP contribution in [0.15, 0.2) is 30.6 Å². The summed E-state index contributed by atoms with van der Waals surface area (Å²) in [6, 6.07) is 5.72. The van der Waals surface area contributed by atoms with E-state index >= 15 is 0 Å². The number of carbonyl (C=O) groups excluding carboxylic acids is 2. The molecule has 1 aromatic heterocycles. The molecule has 0 N–H and O–H groups in total. The van der Waals surface area contributed by atoms with Gasteiger partial charge in [-0.2, -0.15) is 0 Å². The summed E-state index contributed by atoms with van der Waals surface area (Å²) >= 11 is 0. The number of carbonyl (C=O) groups is 2. The van der Waals surface area contributed by atoms with Crippen molar-refractivity contribution in [3.63, 3.8) is 0 Å². The van der Waals surface area contributed by atoms with Crippen molar-refractivity contribution in [2.75, 3.05) is 0 Å². The minimum atomic E-state index is 0.194. The number of pyridine rings is 1. The van der Waals surface area contributed by atoms with Crippen LogP contribution in [-0.4, -0.2) is 17.6 Å². The van der Waals surface area contributed by atoms with Crippen molar-refractivity contribution in [3.8, 4) is 0 Å². The van der Waals surface area contributed by atoms with Gasteiger partial charge in [-0.3, -0.25) is 14.6 Å². The van der Waals surface area contributed by atoms with Crippen molar-refractivity contribution in [1.82, 2.24) is 4.98 Å². The predicted molar refractivity (Wildman–Crippen MR) is 36.4 cm³/mol. The van der Waals surface area contributed by atoms with Gasteiger partial charge in [0, 0.05) is 12.4 Å². The van der Waals surface area contributed by atoms with Crippen molar-refractivity contribution in [2.24, 2.45) is 0 Å². The maximum absolute atomic E-state index is 8.81. The third-order valence-corrected chi connectivity index (χ3v) is 0.622. The minimum absolute atomic E-state index is 0.194. The summed E-state index contributed by atoms with van der Waals surface area (Å²) in [6.07, 6.45) is 3.89. The molecule has 1 aromatic rings. The minimum Gasteiger partial charge on any atom is -0.295 e. The van der Waals surface area contributed by atoms with Gasteiger partial charge in [0.05, 0.1) is 0 Å². The highest BCUT2D eigenvalue weighted by Crippen LogP contribution is 1.73. The quantitative estimate of drug-likeness (QED) is 0.417. The zero-order chi connectivity index (χ0) is 7.66. The van der Waals surface area contributed by atoms with E-state index in [4.69, 9.17) is 9.59 Å². The zero-order valence-corrected chi connectivity index (χ0v) is 5.31. The average Bonchev–Trinajstić information content (AvgIpc) is 2.08. The Labute approximate surface area is 58.7 Å².